The fourth-order valence-corrected chi connectivity index (χ4v) is 2.74. The number of carbonyl (C=O) groups excluding carboxylic acids is 1. The van der Waals surface area contributed by atoms with Crippen LogP contribution < -0.4 is 10.6 Å². The number of benzene rings is 1. The Morgan fingerprint density at radius 1 is 1.52 bits per heavy atom. The lowest BCUT2D eigenvalue weighted by molar-refractivity contribution is -0.385. The lowest BCUT2D eigenvalue weighted by Crippen LogP contribution is -2.32. The Morgan fingerprint density at radius 3 is 2.67 bits per heavy atom. The molecule has 2 N–H and O–H groups in total. The normalized spacial score (nSPS) is 15.4. The molecule has 0 unspecified atom stereocenters. The number of hydrogen-bond donors (Lipinski definition) is 2. The number of nitrogens with one attached hydrogen (secondary N) is 2. The molecule has 0 saturated heterocycles. The van der Waals surface area contributed by atoms with Crippen LogP contribution in [0, 0.1) is 15.9 Å². The molecule has 0 spiro atoms. The van der Waals surface area contributed by atoms with Gasteiger partial charge >= 0.3 is 0 Å². The maximum atomic E-state index is 13.6. The molecule has 1 aromatic carbocycles. The second-order valence-corrected chi connectivity index (χ2v) is 6.20. The highest BCUT2D eigenvalue weighted by Crippen LogP contribution is 2.46. The van der Waals surface area contributed by atoms with E-state index in [4.69, 9.17) is 0 Å². The topological polar surface area (TPSA) is 84.3 Å². The molecule has 2 rings (SSSR count). The molecule has 0 radical (unpaired) electrons. The minimum absolute atomic E-state index is 0.0519. The van der Waals surface area contributed by atoms with Gasteiger partial charge in [-0.3, -0.25) is 14.9 Å². The van der Waals surface area contributed by atoms with Crippen LogP contribution in [0.1, 0.15) is 23.2 Å². The second kappa shape index (κ2) is 5.88. The minimum atomic E-state index is -0.761. The molecule has 114 valence electrons. The fourth-order valence-electron chi connectivity index (χ4n) is 2.02. The van der Waals surface area contributed by atoms with Crippen molar-refractivity contribution >= 4 is 29.0 Å². The predicted octanol–water partition coefficient (Wildman–Crippen LogP) is 2.40. The highest BCUT2D eigenvalue weighted by Gasteiger charge is 2.42. The first-order valence-electron chi connectivity index (χ1n) is 6.41. The van der Waals surface area contributed by atoms with Crippen LogP contribution in [-0.4, -0.2) is 35.4 Å². The van der Waals surface area contributed by atoms with Crippen LogP contribution in [0.15, 0.2) is 12.1 Å². The van der Waals surface area contributed by atoms with Crippen LogP contribution in [0.2, 0.25) is 0 Å². The number of anilines is 1. The maximum Gasteiger partial charge on any atom is 0.285 e. The Hall–Kier alpha value is -1.83. The lowest BCUT2D eigenvalue weighted by Gasteiger charge is -2.13. The van der Waals surface area contributed by atoms with E-state index in [0.717, 1.165) is 18.9 Å². The highest BCUT2D eigenvalue weighted by molar-refractivity contribution is 8.00. The van der Waals surface area contributed by atoms with Crippen LogP contribution in [0.4, 0.5) is 15.8 Å². The van der Waals surface area contributed by atoms with E-state index < -0.39 is 22.3 Å². The molecule has 1 saturated carbocycles. The van der Waals surface area contributed by atoms with Crippen molar-refractivity contribution in [3.63, 3.8) is 0 Å². The van der Waals surface area contributed by atoms with Gasteiger partial charge in [-0.25, -0.2) is 4.39 Å². The van der Waals surface area contributed by atoms with E-state index in [1.165, 1.54) is 13.1 Å². The summed E-state index contributed by atoms with van der Waals surface area (Å²) in [6.07, 6.45) is 4.00. The van der Waals surface area contributed by atoms with Crippen molar-refractivity contribution in [2.45, 2.75) is 17.6 Å². The van der Waals surface area contributed by atoms with Crippen LogP contribution in [0.3, 0.4) is 0 Å². The van der Waals surface area contributed by atoms with E-state index in [2.05, 4.69) is 10.6 Å². The summed E-state index contributed by atoms with van der Waals surface area (Å²) in [6, 6.07) is 1.93. The van der Waals surface area contributed by atoms with Gasteiger partial charge in [0.2, 0.25) is 0 Å². The Morgan fingerprint density at radius 2 is 2.19 bits per heavy atom. The van der Waals surface area contributed by atoms with E-state index in [1.54, 1.807) is 11.8 Å². The van der Waals surface area contributed by atoms with Gasteiger partial charge in [0, 0.05) is 18.3 Å². The molecule has 0 aliphatic heterocycles. The molecule has 0 bridgehead atoms. The summed E-state index contributed by atoms with van der Waals surface area (Å²) in [5.41, 5.74) is -0.614. The molecule has 1 aromatic rings. The van der Waals surface area contributed by atoms with E-state index >= 15 is 0 Å². The minimum Gasteiger partial charge on any atom is -0.386 e. The van der Waals surface area contributed by atoms with Crippen LogP contribution in [0.5, 0.6) is 0 Å². The first kappa shape index (κ1) is 15.6. The molecule has 8 heteroatoms. The maximum absolute atomic E-state index is 13.6. The predicted molar refractivity (Wildman–Crippen MR) is 80.4 cm³/mol. The first-order chi connectivity index (χ1) is 9.92. The summed E-state index contributed by atoms with van der Waals surface area (Å²) in [5, 5.41) is 16.3. The van der Waals surface area contributed by atoms with Crippen molar-refractivity contribution in [3.05, 3.63) is 33.6 Å². The summed E-state index contributed by atoms with van der Waals surface area (Å²) >= 11 is 1.68. The number of carbonyl (C=O) groups is 1. The molecular weight excluding hydrogens is 297 g/mol. The molecule has 0 atom stereocenters. The van der Waals surface area contributed by atoms with Gasteiger partial charge < -0.3 is 10.6 Å². The van der Waals surface area contributed by atoms with Crippen molar-refractivity contribution in [2.75, 3.05) is 25.2 Å². The van der Waals surface area contributed by atoms with Crippen molar-refractivity contribution in [2.24, 2.45) is 0 Å². The van der Waals surface area contributed by atoms with Gasteiger partial charge in [0.25, 0.3) is 11.6 Å². The number of amides is 1. The standard InChI is InChI=1S/C13H16FN3O3S/c1-15-10-5-8(11(17(19)20)6-9(10)14)12(18)16-7-13(21-2)3-4-13/h5-6,15H,3-4,7H2,1-2H3,(H,16,18). The Balaban J connectivity index is 2.24. The fraction of sp³-hybridized carbons (Fsp3) is 0.462. The monoisotopic (exact) mass is 313 g/mol. The summed E-state index contributed by atoms with van der Waals surface area (Å²) in [7, 11) is 1.48. The molecule has 0 aromatic heterocycles. The Bertz CT molecular complexity index is 590. The summed E-state index contributed by atoms with van der Waals surface area (Å²) in [4.78, 5) is 22.4. The zero-order valence-corrected chi connectivity index (χ0v) is 12.6. The van der Waals surface area contributed by atoms with Crippen molar-refractivity contribution in [1.82, 2.24) is 5.32 Å². The van der Waals surface area contributed by atoms with Crippen LogP contribution in [0.25, 0.3) is 0 Å². The van der Waals surface area contributed by atoms with Gasteiger partial charge in [0.15, 0.2) is 5.82 Å². The summed E-state index contributed by atoms with van der Waals surface area (Å²) in [6.45, 7) is 0.455. The molecule has 1 aliphatic carbocycles. The average Bonchev–Trinajstić information content (AvgIpc) is 3.25. The van der Waals surface area contributed by atoms with E-state index in [-0.39, 0.29) is 16.0 Å². The molecule has 1 aliphatic rings. The van der Waals surface area contributed by atoms with Gasteiger partial charge in [-0.2, -0.15) is 11.8 Å². The molecule has 21 heavy (non-hydrogen) atoms. The number of nitro groups is 1. The zero-order valence-electron chi connectivity index (χ0n) is 11.7. The van der Waals surface area contributed by atoms with Gasteiger partial charge in [0.1, 0.15) is 5.56 Å². The largest absolute Gasteiger partial charge is 0.386 e. The smallest absolute Gasteiger partial charge is 0.285 e. The Kier molecular flexibility index (Phi) is 4.36. The number of nitrogens with zero attached hydrogens (tertiary/aromatic N) is 1. The number of rotatable bonds is 6. The molecular formula is C13H16FN3O3S. The summed E-state index contributed by atoms with van der Waals surface area (Å²) < 4.78 is 13.6. The third-order valence-corrected chi connectivity index (χ3v) is 5.03. The number of halogens is 1. The number of nitro benzene ring substituents is 1. The van der Waals surface area contributed by atoms with Crippen molar-refractivity contribution in [1.29, 1.82) is 0 Å². The zero-order chi connectivity index (χ0) is 15.6. The highest BCUT2D eigenvalue weighted by atomic mass is 32.2. The van der Waals surface area contributed by atoms with Gasteiger partial charge in [0.05, 0.1) is 16.7 Å². The molecule has 1 fully saturated rings. The molecule has 6 nitrogen and oxygen atoms in total. The van der Waals surface area contributed by atoms with Crippen molar-refractivity contribution < 1.29 is 14.1 Å². The quantitative estimate of drug-likeness (QED) is 0.622. The second-order valence-electron chi connectivity index (χ2n) is 4.93. The van der Waals surface area contributed by atoms with Gasteiger partial charge in [-0.1, -0.05) is 0 Å². The van der Waals surface area contributed by atoms with Crippen molar-refractivity contribution in [3.8, 4) is 0 Å². The van der Waals surface area contributed by atoms with Crippen LogP contribution >= 0.6 is 11.8 Å². The number of thioether (sulfide) groups is 1. The Labute approximate surface area is 125 Å². The van der Waals surface area contributed by atoms with E-state index in [1.807, 2.05) is 6.26 Å². The van der Waals surface area contributed by atoms with Crippen LogP contribution in [-0.2, 0) is 0 Å². The SMILES string of the molecule is CNc1cc(C(=O)NCC2(SC)CC2)c([N+](=O)[O-])cc1F. The van der Waals surface area contributed by atoms with E-state index in [9.17, 15) is 19.3 Å². The van der Waals surface area contributed by atoms with E-state index in [0.29, 0.717) is 6.54 Å². The lowest BCUT2D eigenvalue weighted by atomic mass is 10.1. The summed E-state index contributed by atoms with van der Waals surface area (Å²) in [5.74, 6) is -1.32. The van der Waals surface area contributed by atoms with Gasteiger partial charge in [-0.15, -0.1) is 0 Å². The molecule has 0 heterocycles. The number of hydrogen-bond acceptors (Lipinski definition) is 5. The third-order valence-electron chi connectivity index (χ3n) is 3.61. The van der Waals surface area contributed by atoms with Gasteiger partial charge in [-0.05, 0) is 25.2 Å². The molecule has 1 amide bonds. The average molecular weight is 313 g/mol. The first-order valence-corrected chi connectivity index (χ1v) is 7.64. The third kappa shape index (κ3) is 3.26.